The average molecular weight is 245 g/mol. The van der Waals surface area contributed by atoms with Gasteiger partial charge in [-0.1, -0.05) is 13.0 Å². The number of halogens is 2. The molecule has 1 aromatic rings. The van der Waals surface area contributed by atoms with Crippen molar-refractivity contribution in [2.45, 2.75) is 19.4 Å². The van der Waals surface area contributed by atoms with Crippen molar-refractivity contribution in [2.24, 2.45) is 0 Å². The van der Waals surface area contributed by atoms with Crippen LogP contribution < -0.4 is 5.32 Å². The van der Waals surface area contributed by atoms with Gasteiger partial charge in [0.25, 0.3) is 0 Å². The first-order valence-corrected chi connectivity index (χ1v) is 6.75. The fourth-order valence-electron chi connectivity index (χ4n) is 1.59. The van der Waals surface area contributed by atoms with E-state index in [1.54, 1.807) is 11.8 Å². The Morgan fingerprint density at radius 2 is 2.12 bits per heavy atom. The van der Waals surface area contributed by atoms with Crippen LogP contribution in [0, 0.1) is 11.6 Å². The van der Waals surface area contributed by atoms with Crippen LogP contribution in [0.15, 0.2) is 18.2 Å². The quantitative estimate of drug-likeness (QED) is 0.771. The molecule has 4 heteroatoms. The van der Waals surface area contributed by atoms with E-state index in [0.717, 1.165) is 24.8 Å². The number of benzene rings is 1. The molecule has 0 fully saturated rings. The van der Waals surface area contributed by atoms with E-state index < -0.39 is 11.6 Å². The van der Waals surface area contributed by atoms with E-state index in [1.165, 1.54) is 12.1 Å². The van der Waals surface area contributed by atoms with E-state index in [9.17, 15) is 8.78 Å². The smallest absolute Gasteiger partial charge is 0.130 e. The van der Waals surface area contributed by atoms with Gasteiger partial charge in [-0.3, -0.25) is 0 Å². The van der Waals surface area contributed by atoms with Crippen molar-refractivity contribution in [1.29, 1.82) is 0 Å². The van der Waals surface area contributed by atoms with E-state index >= 15 is 0 Å². The molecule has 0 heterocycles. The summed E-state index contributed by atoms with van der Waals surface area (Å²) in [6.07, 6.45) is 2.82. The van der Waals surface area contributed by atoms with Crippen LogP contribution in [-0.2, 0) is 0 Å². The first-order valence-electron chi connectivity index (χ1n) is 5.36. The van der Waals surface area contributed by atoms with E-state index in [1.807, 2.05) is 13.2 Å². The minimum Gasteiger partial charge on any atom is -0.309 e. The Morgan fingerprint density at radius 3 is 2.69 bits per heavy atom. The van der Waals surface area contributed by atoms with E-state index in [2.05, 4.69) is 5.32 Å². The number of rotatable bonds is 6. The third-order valence-corrected chi connectivity index (χ3v) is 3.06. The zero-order valence-electron chi connectivity index (χ0n) is 9.59. The maximum absolute atomic E-state index is 13.5. The summed E-state index contributed by atoms with van der Waals surface area (Å²) in [5.41, 5.74) is 0.546. The highest BCUT2D eigenvalue weighted by Crippen LogP contribution is 2.20. The fourth-order valence-corrected chi connectivity index (χ4v) is 1.92. The van der Waals surface area contributed by atoms with Crippen LogP contribution in [0.25, 0.3) is 0 Å². The van der Waals surface area contributed by atoms with Gasteiger partial charge < -0.3 is 5.32 Å². The van der Waals surface area contributed by atoms with Crippen LogP contribution in [0.3, 0.4) is 0 Å². The second-order valence-electron chi connectivity index (χ2n) is 3.57. The molecule has 90 valence electrons. The monoisotopic (exact) mass is 245 g/mol. The highest BCUT2D eigenvalue weighted by atomic mass is 32.2. The molecule has 0 saturated carbocycles. The molecule has 0 bridgehead atoms. The molecule has 0 aromatic heterocycles. The Kier molecular flexibility index (Phi) is 5.77. The first-order chi connectivity index (χ1) is 7.69. The molecule has 1 rings (SSSR count). The lowest BCUT2D eigenvalue weighted by atomic mass is 10.0. The minimum absolute atomic E-state index is 0.0345. The van der Waals surface area contributed by atoms with Crippen LogP contribution in [-0.4, -0.2) is 18.6 Å². The highest BCUT2D eigenvalue weighted by molar-refractivity contribution is 7.98. The highest BCUT2D eigenvalue weighted by Gasteiger charge is 2.13. The van der Waals surface area contributed by atoms with Crippen molar-refractivity contribution in [2.75, 3.05) is 18.6 Å². The summed E-state index contributed by atoms with van der Waals surface area (Å²) in [5.74, 6) is -0.0111. The van der Waals surface area contributed by atoms with Crippen LogP contribution in [0.1, 0.15) is 24.9 Å². The zero-order chi connectivity index (χ0) is 12.0. The Labute approximate surface area is 99.6 Å². The SMILES string of the molecule is CCC(NCCSC)c1ccc(F)cc1F. The number of hydrogen-bond acceptors (Lipinski definition) is 2. The van der Waals surface area contributed by atoms with Crippen LogP contribution in [0.5, 0.6) is 0 Å². The first kappa shape index (κ1) is 13.5. The second kappa shape index (κ2) is 6.86. The van der Waals surface area contributed by atoms with Gasteiger partial charge in [0, 0.05) is 30.0 Å². The van der Waals surface area contributed by atoms with Crippen LogP contribution in [0.4, 0.5) is 8.78 Å². The molecule has 1 N–H and O–H groups in total. The van der Waals surface area contributed by atoms with Gasteiger partial charge in [-0.15, -0.1) is 0 Å². The Hall–Kier alpha value is -0.610. The van der Waals surface area contributed by atoms with Gasteiger partial charge in [-0.05, 0) is 18.7 Å². The lowest BCUT2D eigenvalue weighted by Crippen LogP contribution is -2.24. The summed E-state index contributed by atoms with van der Waals surface area (Å²) in [7, 11) is 0. The predicted molar refractivity (Wildman–Crippen MR) is 65.8 cm³/mol. The lowest BCUT2D eigenvalue weighted by Gasteiger charge is -2.17. The van der Waals surface area contributed by atoms with Gasteiger partial charge in [0.1, 0.15) is 11.6 Å². The number of hydrogen-bond donors (Lipinski definition) is 1. The summed E-state index contributed by atoms with van der Waals surface area (Å²) >= 11 is 1.74. The summed E-state index contributed by atoms with van der Waals surface area (Å²) in [4.78, 5) is 0. The number of thioether (sulfide) groups is 1. The van der Waals surface area contributed by atoms with Gasteiger partial charge in [0.05, 0.1) is 0 Å². The van der Waals surface area contributed by atoms with E-state index in [4.69, 9.17) is 0 Å². The molecule has 1 atom stereocenters. The second-order valence-corrected chi connectivity index (χ2v) is 4.56. The molecule has 0 spiro atoms. The summed E-state index contributed by atoms with van der Waals surface area (Å²) in [6.45, 7) is 2.82. The molecule has 0 aliphatic carbocycles. The summed E-state index contributed by atoms with van der Waals surface area (Å²) in [5, 5.41) is 3.26. The molecule has 1 unspecified atom stereocenters. The van der Waals surface area contributed by atoms with Crippen LogP contribution >= 0.6 is 11.8 Å². The van der Waals surface area contributed by atoms with Crippen molar-refractivity contribution in [3.8, 4) is 0 Å². The Morgan fingerprint density at radius 1 is 1.38 bits per heavy atom. The molecule has 0 saturated heterocycles. The van der Waals surface area contributed by atoms with Crippen molar-refractivity contribution >= 4 is 11.8 Å². The predicted octanol–water partition coefficient (Wildman–Crippen LogP) is 3.37. The lowest BCUT2D eigenvalue weighted by molar-refractivity contribution is 0.495. The molecule has 0 aliphatic heterocycles. The van der Waals surface area contributed by atoms with E-state index in [-0.39, 0.29) is 6.04 Å². The van der Waals surface area contributed by atoms with Crippen molar-refractivity contribution in [3.05, 3.63) is 35.4 Å². The Balaban J connectivity index is 2.70. The third-order valence-electron chi connectivity index (χ3n) is 2.44. The van der Waals surface area contributed by atoms with Crippen molar-refractivity contribution in [3.63, 3.8) is 0 Å². The number of nitrogens with one attached hydrogen (secondary N) is 1. The van der Waals surface area contributed by atoms with Crippen molar-refractivity contribution < 1.29 is 8.78 Å². The topological polar surface area (TPSA) is 12.0 Å². The normalized spacial score (nSPS) is 12.8. The summed E-state index contributed by atoms with van der Waals surface area (Å²) < 4.78 is 26.3. The molecule has 0 amide bonds. The van der Waals surface area contributed by atoms with Gasteiger partial charge in [0.15, 0.2) is 0 Å². The van der Waals surface area contributed by atoms with E-state index in [0.29, 0.717) is 5.56 Å². The average Bonchev–Trinajstić information content (AvgIpc) is 2.26. The largest absolute Gasteiger partial charge is 0.309 e. The van der Waals surface area contributed by atoms with Crippen molar-refractivity contribution in [1.82, 2.24) is 5.32 Å². The Bertz CT molecular complexity index is 331. The van der Waals surface area contributed by atoms with Gasteiger partial charge in [0.2, 0.25) is 0 Å². The molecule has 16 heavy (non-hydrogen) atoms. The zero-order valence-corrected chi connectivity index (χ0v) is 10.4. The van der Waals surface area contributed by atoms with Crippen LogP contribution in [0.2, 0.25) is 0 Å². The molecule has 1 aromatic carbocycles. The molecule has 0 radical (unpaired) electrons. The summed E-state index contributed by atoms with van der Waals surface area (Å²) in [6, 6.07) is 3.73. The molecule has 1 nitrogen and oxygen atoms in total. The third kappa shape index (κ3) is 3.76. The van der Waals surface area contributed by atoms with Gasteiger partial charge in [-0.2, -0.15) is 11.8 Å². The minimum atomic E-state index is -0.528. The molecule has 0 aliphatic rings. The van der Waals surface area contributed by atoms with Gasteiger partial charge >= 0.3 is 0 Å². The standard InChI is InChI=1S/C12H17F2NS/c1-3-12(15-6-7-16-2)10-5-4-9(13)8-11(10)14/h4-5,8,12,15H,3,6-7H2,1-2H3. The maximum Gasteiger partial charge on any atom is 0.130 e. The fraction of sp³-hybridized carbons (Fsp3) is 0.500. The molecular weight excluding hydrogens is 228 g/mol. The molecular formula is C12H17F2NS. The maximum atomic E-state index is 13.5. The van der Waals surface area contributed by atoms with Gasteiger partial charge in [-0.25, -0.2) is 8.78 Å².